The maximum absolute atomic E-state index is 11.6. The van der Waals surface area contributed by atoms with Crippen LogP contribution in [0.2, 0.25) is 0 Å². The zero-order valence-electron chi connectivity index (χ0n) is 8.31. The molecule has 0 spiro atoms. The zero-order valence-corrected chi connectivity index (χ0v) is 9.07. The maximum Gasteiger partial charge on any atom is 0.237 e. The summed E-state index contributed by atoms with van der Waals surface area (Å²) in [6.07, 6.45) is 2.00. The summed E-state index contributed by atoms with van der Waals surface area (Å²) in [5.74, 6) is 0.470. The summed E-state index contributed by atoms with van der Waals surface area (Å²) in [4.78, 5) is 17.3. The highest BCUT2D eigenvalue weighted by atomic mass is 35.5. The largest absolute Gasteiger partial charge is 0.480 e. The lowest BCUT2D eigenvalue weighted by Gasteiger charge is -2.17. The van der Waals surface area contributed by atoms with Crippen LogP contribution in [0, 0.1) is 0 Å². The molecule has 4 nitrogen and oxygen atoms in total. The molecule has 2 rings (SSSR count). The molecule has 0 radical (unpaired) electrons. The minimum Gasteiger partial charge on any atom is -0.480 e. The molecule has 1 fully saturated rings. The predicted molar refractivity (Wildman–Crippen MR) is 57.4 cm³/mol. The number of carbonyl (C=O) groups excluding carboxylic acids is 1. The molecule has 80 valence electrons. The molecule has 1 aromatic heterocycles. The smallest absolute Gasteiger partial charge is 0.237 e. The molecule has 1 aliphatic rings. The molecule has 0 aliphatic carbocycles. The third-order valence-corrected chi connectivity index (χ3v) is 2.61. The molecule has 1 aromatic rings. The number of rotatable bonds is 2. The van der Waals surface area contributed by atoms with Crippen molar-refractivity contribution in [3.63, 3.8) is 0 Å². The highest BCUT2D eigenvalue weighted by Crippen LogP contribution is 2.30. The van der Waals surface area contributed by atoms with Gasteiger partial charge in [-0.05, 0) is 12.1 Å². The van der Waals surface area contributed by atoms with E-state index in [1.807, 2.05) is 0 Å². The molecule has 0 aromatic carbocycles. The Morgan fingerprint density at radius 1 is 1.67 bits per heavy atom. The lowest BCUT2D eigenvalue weighted by molar-refractivity contribution is -0.117. The van der Waals surface area contributed by atoms with Gasteiger partial charge < -0.3 is 9.64 Å². The highest BCUT2D eigenvalue weighted by molar-refractivity contribution is 6.24. The third kappa shape index (κ3) is 1.90. The summed E-state index contributed by atoms with van der Waals surface area (Å²) >= 11 is 5.92. The van der Waals surface area contributed by atoms with Gasteiger partial charge in [-0.25, -0.2) is 4.98 Å². The summed E-state index contributed by atoms with van der Waals surface area (Å²) in [6.45, 7) is 0.516. The van der Waals surface area contributed by atoms with Crippen LogP contribution in [0.1, 0.15) is 6.42 Å². The van der Waals surface area contributed by atoms with E-state index < -0.39 is 0 Å². The number of hydrogen-bond acceptors (Lipinski definition) is 3. The van der Waals surface area contributed by atoms with E-state index in [-0.39, 0.29) is 11.3 Å². The van der Waals surface area contributed by atoms with Gasteiger partial charge in [-0.15, -0.1) is 11.6 Å². The number of halogens is 1. The normalized spacial score (nSPS) is 20.8. The van der Waals surface area contributed by atoms with Gasteiger partial charge in [0.1, 0.15) is 5.69 Å². The Kier molecular flexibility index (Phi) is 2.77. The summed E-state index contributed by atoms with van der Waals surface area (Å²) in [7, 11) is 1.53. The Morgan fingerprint density at radius 3 is 3.07 bits per heavy atom. The van der Waals surface area contributed by atoms with E-state index in [0.29, 0.717) is 24.5 Å². The zero-order chi connectivity index (χ0) is 10.8. The second-order valence-corrected chi connectivity index (χ2v) is 3.95. The van der Waals surface area contributed by atoms with E-state index in [1.165, 1.54) is 7.11 Å². The predicted octanol–water partition coefficient (Wildman–Crippen LogP) is 1.43. The van der Waals surface area contributed by atoms with Crippen LogP contribution in [0.3, 0.4) is 0 Å². The second kappa shape index (κ2) is 4.06. The molecule has 1 aliphatic heterocycles. The molecule has 5 heteroatoms. The summed E-state index contributed by atoms with van der Waals surface area (Å²) in [5.41, 5.74) is 0.688. The molecule has 0 saturated carbocycles. The number of nitrogens with zero attached hydrogens (tertiary/aromatic N) is 2. The molecule has 2 heterocycles. The molecular weight excluding hydrogens is 216 g/mol. The maximum atomic E-state index is 11.6. The fourth-order valence-electron chi connectivity index (χ4n) is 1.64. The Balaban J connectivity index is 2.33. The number of alkyl halides is 1. The van der Waals surface area contributed by atoms with E-state index >= 15 is 0 Å². The number of carbonyl (C=O) groups is 1. The van der Waals surface area contributed by atoms with Crippen molar-refractivity contribution < 1.29 is 9.53 Å². The number of aromatic nitrogens is 1. The van der Waals surface area contributed by atoms with Gasteiger partial charge in [0, 0.05) is 19.2 Å². The Bertz CT molecular complexity index is 383. The average molecular weight is 227 g/mol. The van der Waals surface area contributed by atoms with Gasteiger partial charge in [-0.2, -0.15) is 0 Å². The van der Waals surface area contributed by atoms with Gasteiger partial charge in [0.05, 0.1) is 12.5 Å². The van der Waals surface area contributed by atoms with Crippen LogP contribution in [0.15, 0.2) is 18.3 Å². The average Bonchev–Trinajstić information content (AvgIpc) is 2.57. The van der Waals surface area contributed by atoms with Gasteiger partial charge in [0.2, 0.25) is 11.8 Å². The molecule has 0 bridgehead atoms. The summed E-state index contributed by atoms with van der Waals surface area (Å²) < 4.78 is 5.09. The lowest BCUT2D eigenvalue weighted by atomic mass is 10.3. The van der Waals surface area contributed by atoms with E-state index in [4.69, 9.17) is 16.3 Å². The minimum absolute atomic E-state index is 0.0151. The number of anilines is 1. The van der Waals surface area contributed by atoms with E-state index in [9.17, 15) is 4.79 Å². The number of hydrogen-bond donors (Lipinski definition) is 0. The second-order valence-electron chi connectivity index (χ2n) is 3.34. The van der Waals surface area contributed by atoms with Crippen molar-refractivity contribution in [2.75, 3.05) is 18.6 Å². The van der Waals surface area contributed by atoms with E-state index in [2.05, 4.69) is 4.98 Å². The Hall–Kier alpha value is -1.29. The van der Waals surface area contributed by atoms with Gasteiger partial charge >= 0.3 is 0 Å². The monoisotopic (exact) mass is 226 g/mol. The molecular formula is C10H11ClN2O2. The van der Waals surface area contributed by atoms with Crippen LogP contribution >= 0.6 is 11.6 Å². The van der Waals surface area contributed by atoms with Gasteiger partial charge in [-0.3, -0.25) is 4.79 Å². The SMILES string of the molecule is COc1ncccc1N1CC(Cl)CC1=O. The molecule has 1 atom stereocenters. The van der Waals surface area contributed by atoms with E-state index in [1.54, 1.807) is 23.2 Å². The third-order valence-electron chi connectivity index (χ3n) is 2.31. The van der Waals surface area contributed by atoms with Gasteiger partial charge in [0.15, 0.2) is 0 Å². The Morgan fingerprint density at radius 2 is 2.47 bits per heavy atom. The van der Waals surface area contributed by atoms with E-state index in [0.717, 1.165) is 0 Å². The summed E-state index contributed by atoms with van der Waals surface area (Å²) in [6, 6.07) is 3.57. The van der Waals surface area contributed by atoms with Crippen molar-refractivity contribution in [2.45, 2.75) is 11.8 Å². The standard InChI is InChI=1S/C10H11ClN2O2/c1-15-10-8(3-2-4-12-10)13-6-7(11)5-9(13)14/h2-4,7H,5-6H2,1H3. The van der Waals surface area contributed by atoms with Gasteiger partial charge in [0.25, 0.3) is 0 Å². The lowest BCUT2D eigenvalue weighted by Crippen LogP contribution is -2.25. The van der Waals surface area contributed by atoms with Crippen molar-refractivity contribution in [1.82, 2.24) is 4.98 Å². The molecule has 1 saturated heterocycles. The molecule has 15 heavy (non-hydrogen) atoms. The van der Waals surface area contributed by atoms with Crippen molar-refractivity contribution in [3.05, 3.63) is 18.3 Å². The van der Waals surface area contributed by atoms with Crippen LogP contribution in [0.4, 0.5) is 5.69 Å². The Labute approximate surface area is 92.8 Å². The first-order valence-corrected chi connectivity index (χ1v) is 5.09. The molecule has 1 amide bonds. The quantitative estimate of drug-likeness (QED) is 0.717. The van der Waals surface area contributed by atoms with Crippen molar-refractivity contribution >= 4 is 23.2 Å². The van der Waals surface area contributed by atoms with Crippen LogP contribution < -0.4 is 9.64 Å². The van der Waals surface area contributed by atoms with Gasteiger partial charge in [-0.1, -0.05) is 0 Å². The first kappa shape index (κ1) is 10.2. The fourth-order valence-corrected chi connectivity index (χ4v) is 1.91. The topological polar surface area (TPSA) is 42.4 Å². The molecule has 0 N–H and O–H groups in total. The number of pyridine rings is 1. The van der Waals surface area contributed by atoms with Crippen LogP contribution in [-0.4, -0.2) is 29.9 Å². The highest BCUT2D eigenvalue weighted by Gasteiger charge is 2.30. The van der Waals surface area contributed by atoms with Crippen LogP contribution in [-0.2, 0) is 4.79 Å². The fraction of sp³-hybridized carbons (Fsp3) is 0.400. The van der Waals surface area contributed by atoms with Crippen molar-refractivity contribution in [1.29, 1.82) is 0 Å². The first-order chi connectivity index (χ1) is 7.22. The van der Waals surface area contributed by atoms with Crippen LogP contribution in [0.5, 0.6) is 5.88 Å². The number of ether oxygens (including phenoxy) is 1. The van der Waals surface area contributed by atoms with Crippen LogP contribution in [0.25, 0.3) is 0 Å². The first-order valence-electron chi connectivity index (χ1n) is 4.66. The minimum atomic E-state index is -0.123. The van der Waals surface area contributed by atoms with Crippen molar-refractivity contribution in [3.8, 4) is 5.88 Å². The molecule has 1 unspecified atom stereocenters. The van der Waals surface area contributed by atoms with Crippen molar-refractivity contribution in [2.24, 2.45) is 0 Å². The number of methoxy groups -OCH3 is 1. The summed E-state index contributed by atoms with van der Waals surface area (Å²) in [5, 5.41) is -0.123. The number of amides is 1.